The first kappa shape index (κ1) is 14.5. The average Bonchev–Trinajstić information content (AvgIpc) is 2.73. The number of hydrogen-bond acceptors (Lipinski definition) is 4. The molecule has 1 N–H and O–H groups in total. The molecule has 5 nitrogen and oxygen atoms in total. The minimum Gasteiger partial charge on any atom is -0.373 e. The van der Waals surface area contributed by atoms with Crippen molar-refractivity contribution in [2.75, 3.05) is 26.2 Å². The van der Waals surface area contributed by atoms with Crippen molar-refractivity contribution in [3.05, 3.63) is 18.2 Å². The molecule has 0 bridgehead atoms. The molecule has 2 unspecified atom stereocenters. The summed E-state index contributed by atoms with van der Waals surface area (Å²) in [5.41, 5.74) is 1.23. The van der Waals surface area contributed by atoms with E-state index in [2.05, 4.69) is 33.6 Å². The van der Waals surface area contributed by atoms with E-state index in [4.69, 9.17) is 4.74 Å². The fourth-order valence-corrected chi connectivity index (χ4v) is 2.67. The van der Waals surface area contributed by atoms with E-state index >= 15 is 0 Å². The van der Waals surface area contributed by atoms with E-state index in [1.807, 2.05) is 19.6 Å². The molecule has 0 aliphatic carbocycles. The Hall–Kier alpha value is -0.910. The van der Waals surface area contributed by atoms with E-state index in [0.29, 0.717) is 12.2 Å². The summed E-state index contributed by atoms with van der Waals surface area (Å²) in [5, 5.41) is 3.47. The zero-order chi connectivity index (χ0) is 13.7. The van der Waals surface area contributed by atoms with Gasteiger partial charge in [-0.15, -0.1) is 0 Å². The number of rotatable bonds is 6. The third-order valence-electron chi connectivity index (χ3n) is 3.55. The van der Waals surface area contributed by atoms with Gasteiger partial charge in [0.15, 0.2) is 0 Å². The van der Waals surface area contributed by atoms with Crippen LogP contribution in [-0.2, 0) is 18.3 Å². The normalized spacial score (nSPS) is 24.8. The third-order valence-corrected chi connectivity index (χ3v) is 3.55. The molecule has 2 atom stereocenters. The Morgan fingerprint density at radius 1 is 1.37 bits per heavy atom. The molecule has 1 aromatic rings. The lowest BCUT2D eigenvalue weighted by atomic mass is 10.2. The van der Waals surface area contributed by atoms with Crippen LogP contribution in [0.2, 0.25) is 0 Å². The minimum atomic E-state index is 0.367. The second-order valence-corrected chi connectivity index (χ2v) is 5.54. The van der Waals surface area contributed by atoms with Gasteiger partial charge in [-0.1, -0.05) is 0 Å². The SMILES string of the molecule is CC1CN(CCCNCc2cncn2C)CC(C)O1. The quantitative estimate of drug-likeness (QED) is 0.780. The summed E-state index contributed by atoms with van der Waals surface area (Å²) < 4.78 is 7.79. The van der Waals surface area contributed by atoms with Crippen molar-refractivity contribution < 1.29 is 4.74 Å². The highest BCUT2D eigenvalue weighted by molar-refractivity contribution is 4.96. The fraction of sp³-hybridized carbons (Fsp3) is 0.786. The van der Waals surface area contributed by atoms with Crippen LogP contribution in [0.25, 0.3) is 0 Å². The smallest absolute Gasteiger partial charge is 0.0945 e. The third kappa shape index (κ3) is 4.60. The van der Waals surface area contributed by atoms with E-state index in [0.717, 1.165) is 32.7 Å². The molecule has 2 heterocycles. The molecule has 108 valence electrons. The lowest BCUT2D eigenvalue weighted by Gasteiger charge is -2.35. The Labute approximate surface area is 116 Å². The van der Waals surface area contributed by atoms with Gasteiger partial charge in [0.1, 0.15) is 0 Å². The van der Waals surface area contributed by atoms with Gasteiger partial charge in [0.25, 0.3) is 0 Å². The Morgan fingerprint density at radius 3 is 2.74 bits per heavy atom. The monoisotopic (exact) mass is 266 g/mol. The van der Waals surface area contributed by atoms with Crippen molar-refractivity contribution in [1.82, 2.24) is 19.8 Å². The van der Waals surface area contributed by atoms with Crippen LogP contribution in [-0.4, -0.2) is 52.8 Å². The second-order valence-electron chi connectivity index (χ2n) is 5.54. The molecule has 0 spiro atoms. The summed E-state index contributed by atoms with van der Waals surface area (Å²) >= 11 is 0. The molecule has 1 aliphatic heterocycles. The number of imidazole rings is 1. The number of aromatic nitrogens is 2. The molecule has 1 aromatic heterocycles. The van der Waals surface area contributed by atoms with Gasteiger partial charge in [-0.05, 0) is 33.4 Å². The molecular formula is C14H26N4O. The fourth-order valence-electron chi connectivity index (χ4n) is 2.67. The van der Waals surface area contributed by atoms with Crippen LogP contribution in [0.4, 0.5) is 0 Å². The minimum absolute atomic E-state index is 0.367. The van der Waals surface area contributed by atoms with Crippen molar-refractivity contribution >= 4 is 0 Å². The average molecular weight is 266 g/mol. The van der Waals surface area contributed by atoms with Gasteiger partial charge in [-0.3, -0.25) is 4.90 Å². The van der Waals surface area contributed by atoms with Crippen molar-refractivity contribution in [2.45, 2.75) is 39.0 Å². The van der Waals surface area contributed by atoms with Crippen LogP contribution in [0, 0.1) is 0 Å². The lowest BCUT2D eigenvalue weighted by molar-refractivity contribution is -0.0680. The van der Waals surface area contributed by atoms with Crippen LogP contribution in [0.5, 0.6) is 0 Å². The largest absolute Gasteiger partial charge is 0.373 e. The number of morpholine rings is 1. The number of hydrogen-bond donors (Lipinski definition) is 1. The Balaban J connectivity index is 1.58. The van der Waals surface area contributed by atoms with Gasteiger partial charge in [-0.2, -0.15) is 0 Å². The highest BCUT2D eigenvalue weighted by Gasteiger charge is 2.21. The molecular weight excluding hydrogens is 240 g/mol. The van der Waals surface area contributed by atoms with Crippen molar-refractivity contribution in [3.63, 3.8) is 0 Å². The van der Waals surface area contributed by atoms with E-state index < -0.39 is 0 Å². The molecule has 5 heteroatoms. The van der Waals surface area contributed by atoms with Gasteiger partial charge in [0, 0.05) is 32.9 Å². The maximum Gasteiger partial charge on any atom is 0.0945 e. The topological polar surface area (TPSA) is 42.3 Å². The molecule has 1 saturated heterocycles. The van der Waals surface area contributed by atoms with Crippen LogP contribution in [0.3, 0.4) is 0 Å². The van der Waals surface area contributed by atoms with E-state index in [9.17, 15) is 0 Å². The molecule has 0 radical (unpaired) electrons. The highest BCUT2D eigenvalue weighted by Crippen LogP contribution is 2.10. The first-order valence-corrected chi connectivity index (χ1v) is 7.19. The van der Waals surface area contributed by atoms with Crippen molar-refractivity contribution in [1.29, 1.82) is 0 Å². The summed E-state index contributed by atoms with van der Waals surface area (Å²) in [6, 6.07) is 0. The zero-order valence-corrected chi connectivity index (χ0v) is 12.3. The number of ether oxygens (including phenoxy) is 1. The Kier molecular flexibility index (Phi) is 5.36. The lowest BCUT2D eigenvalue weighted by Crippen LogP contribution is -2.46. The number of nitrogens with one attached hydrogen (secondary N) is 1. The molecule has 0 amide bonds. The first-order valence-electron chi connectivity index (χ1n) is 7.19. The van der Waals surface area contributed by atoms with Crippen LogP contribution >= 0.6 is 0 Å². The number of aryl methyl sites for hydroxylation is 1. The molecule has 1 aliphatic rings. The van der Waals surface area contributed by atoms with Crippen LogP contribution < -0.4 is 5.32 Å². The second kappa shape index (κ2) is 7.03. The molecule has 0 saturated carbocycles. The highest BCUT2D eigenvalue weighted by atomic mass is 16.5. The van der Waals surface area contributed by atoms with Gasteiger partial charge in [-0.25, -0.2) is 4.98 Å². The first-order chi connectivity index (χ1) is 9.15. The Morgan fingerprint density at radius 2 is 2.11 bits per heavy atom. The molecule has 0 aromatic carbocycles. The van der Waals surface area contributed by atoms with Gasteiger partial charge >= 0.3 is 0 Å². The van der Waals surface area contributed by atoms with Crippen molar-refractivity contribution in [3.8, 4) is 0 Å². The predicted molar refractivity (Wildman–Crippen MR) is 76.0 cm³/mol. The summed E-state index contributed by atoms with van der Waals surface area (Å²) in [6.45, 7) is 9.53. The van der Waals surface area contributed by atoms with E-state index in [1.165, 1.54) is 12.1 Å². The molecule has 2 rings (SSSR count). The van der Waals surface area contributed by atoms with Gasteiger partial charge in [0.2, 0.25) is 0 Å². The predicted octanol–water partition coefficient (Wildman–Crippen LogP) is 1.01. The maximum absolute atomic E-state index is 5.74. The number of nitrogens with zero attached hydrogens (tertiary/aromatic N) is 3. The van der Waals surface area contributed by atoms with E-state index in [1.54, 1.807) is 0 Å². The van der Waals surface area contributed by atoms with Crippen LogP contribution in [0.15, 0.2) is 12.5 Å². The van der Waals surface area contributed by atoms with Crippen LogP contribution in [0.1, 0.15) is 26.0 Å². The molecule has 19 heavy (non-hydrogen) atoms. The van der Waals surface area contributed by atoms with Gasteiger partial charge < -0.3 is 14.6 Å². The maximum atomic E-state index is 5.74. The zero-order valence-electron chi connectivity index (χ0n) is 12.3. The summed E-state index contributed by atoms with van der Waals surface area (Å²) in [7, 11) is 2.03. The molecule has 1 fully saturated rings. The Bertz CT molecular complexity index is 369. The standard InChI is InChI=1S/C14H26N4O/c1-12-9-18(10-13(2)19-12)6-4-5-15-7-14-8-16-11-17(14)3/h8,11-13,15H,4-7,9-10H2,1-3H3. The summed E-state index contributed by atoms with van der Waals surface area (Å²) in [4.78, 5) is 6.62. The van der Waals surface area contributed by atoms with Gasteiger partial charge in [0.05, 0.1) is 24.2 Å². The summed E-state index contributed by atoms with van der Waals surface area (Å²) in [5.74, 6) is 0. The van der Waals surface area contributed by atoms with E-state index in [-0.39, 0.29) is 0 Å². The summed E-state index contributed by atoms with van der Waals surface area (Å²) in [6.07, 6.45) is 5.67. The van der Waals surface area contributed by atoms with Crippen molar-refractivity contribution in [2.24, 2.45) is 7.05 Å².